The SMILES string of the molecule is Cc1noc(C2CC2)c1NC(=O)C1CCNCC1(F)F. The first-order valence-electron chi connectivity index (χ1n) is 6.84. The number of piperidine rings is 1. The number of anilines is 1. The van der Waals surface area contributed by atoms with E-state index < -0.39 is 24.3 Å². The van der Waals surface area contributed by atoms with Crippen molar-refractivity contribution >= 4 is 11.6 Å². The van der Waals surface area contributed by atoms with Crippen LogP contribution in [-0.2, 0) is 4.79 Å². The zero-order chi connectivity index (χ0) is 14.3. The van der Waals surface area contributed by atoms with Crippen molar-refractivity contribution in [3.05, 3.63) is 11.5 Å². The Morgan fingerprint density at radius 3 is 2.85 bits per heavy atom. The maximum Gasteiger partial charge on any atom is 0.271 e. The van der Waals surface area contributed by atoms with Crippen LogP contribution >= 0.6 is 0 Å². The van der Waals surface area contributed by atoms with Crippen LogP contribution in [0.2, 0.25) is 0 Å². The number of halogens is 2. The number of carbonyl (C=O) groups excluding carboxylic acids is 1. The number of amides is 1. The summed E-state index contributed by atoms with van der Waals surface area (Å²) in [5, 5.41) is 9.03. The summed E-state index contributed by atoms with van der Waals surface area (Å²) in [5.74, 6) is -4.09. The predicted octanol–water partition coefficient (Wildman–Crippen LogP) is 2.04. The van der Waals surface area contributed by atoms with E-state index in [1.54, 1.807) is 6.92 Å². The van der Waals surface area contributed by atoms with E-state index in [-0.39, 0.29) is 12.3 Å². The molecule has 1 saturated heterocycles. The van der Waals surface area contributed by atoms with Gasteiger partial charge in [0.1, 0.15) is 17.3 Å². The lowest BCUT2D eigenvalue weighted by molar-refractivity contribution is -0.137. The Hall–Kier alpha value is -1.50. The zero-order valence-electron chi connectivity index (χ0n) is 11.2. The molecular weight excluding hydrogens is 268 g/mol. The highest BCUT2D eigenvalue weighted by atomic mass is 19.3. The predicted molar refractivity (Wildman–Crippen MR) is 67.8 cm³/mol. The van der Waals surface area contributed by atoms with Gasteiger partial charge in [-0.2, -0.15) is 0 Å². The molecule has 2 N–H and O–H groups in total. The third-order valence-electron chi connectivity index (χ3n) is 3.88. The molecule has 2 heterocycles. The molecule has 5 nitrogen and oxygen atoms in total. The summed E-state index contributed by atoms with van der Waals surface area (Å²) in [6.45, 7) is 1.67. The van der Waals surface area contributed by atoms with E-state index in [9.17, 15) is 13.6 Å². The highest BCUT2D eigenvalue weighted by molar-refractivity contribution is 5.94. The van der Waals surface area contributed by atoms with Crippen LogP contribution in [0, 0.1) is 12.8 Å². The topological polar surface area (TPSA) is 67.2 Å². The van der Waals surface area contributed by atoms with E-state index in [2.05, 4.69) is 15.8 Å². The Labute approximate surface area is 115 Å². The largest absolute Gasteiger partial charge is 0.359 e. The van der Waals surface area contributed by atoms with Gasteiger partial charge in [0.15, 0.2) is 5.76 Å². The van der Waals surface area contributed by atoms with Crippen molar-refractivity contribution in [1.29, 1.82) is 0 Å². The second-order valence-corrected chi connectivity index (χ2v) is 5.55. The van der Waals surface area contributed by atoms with Gasteiger partial charge in [-0.25, -0.2) is 8.78 Å². The lowest BCUT2D eigenvalue weighted by Crippen LogP contribution is -2.50. The van der Waals surface area contributed by atoms with Gasteiger partial charge in [-0.3, -0.25) is 4.79 Å². The molecule has 3 rings (SSSR count). The summed E-state index contributed by atoms with van der Waals surface area (Å²) >= 11 is 0. The van der Waals surface area contributed by atoms with Crippen molar-refractivity contribution in [1.82, 2.24) is 10.5 Å². The highest BCUT2D eigenvalue weighted by Crippen LogP contribution is 2.44. The first kappa shape index (κ1) is 13.5. The maximum atomic E-state index is 13.8. The summed E-state index contributed by atoms with van der Waals surface area (Å²) in [6.07, 6.45) is 2.10. The molecule has 1 aliphatic heterocycles. The number of carbonyl (C=O) groups is 1. The second-order valence-electron chi connectivity index (χ2n) is 5.55. The Kier molecular flexibility index (Phi) is 3.24. The summed E-state index contributed by atoms with van der Waals surface area (Å²) in [4.78, 5) is 12.1. The van der Waals surface area contributed by atoms with Crippen LogP contribution in [0.25, 0.3) is 0 Å². The van der Waals surface area contributed by atoms with Gasteiger partial charge in [0.25, 0.3) is 5.92 Å². The quantitative estimate of drug-likeness (QED) is 0.892. The fourth-order valence-corrected chi connectivity index (χ4v) is 2.53. The van der Waals surface area contributed by atoms with Gasteiger partial charge in [-0.1, -0.05) is 5.16 Å². The molecule has 0 spiro atoms. The van der Waals surface area contributed by atoms with Gasteiger partial charge in [0.2, 0.25) is 5.91 Å². The maximum absolute atomic E-state index is 13.8. The van der Waals surface area contributed by atoms with Crippen LogP contribution < -0.4 is 10.6 Å². The standard InChI is InChI=1S/C13H17F2N3O2/c1-7-10(11(20-18-7)8-2-3-8)17-12(19)9-4-5-16-6-13(9,14)15/h8-9,16H,2-6H2,1H3,(H,17,19). The summed E-state index contributed by atoms with van der Waals surface area (Å²) < 4.78 is 32.7. The second kappa shape index (κ2) is 4.80. The minimum atomic E-state index is -3.02. The molecule has 1 amide bonds. The number of nitrogens with zero attached hydrogens (tertiary/aromatic N) is 1. The molecule has 20 heavy (non-hydrogen) atoms. The lowest BCUT2D eigenvalue weighted by Gasteiger charge is -2.30. The monoisotopic (exact) mass is 285 g/mol. The average Bonchev–Trinajstić information content (AvgIpc) is 3.16. The first-order valence-corrected chi connectivity index (χ1v) is 6.84. The van der Waals surface area contributed by atoms with E-state index in [0.717, 1.165) is 12.8 Å². The minimum Gasteiger partial charge on any atom is -0.359 e. The summed E-state index contributed by atoms with van der Waals surface area (Å²) in [6, 6.07) is 0. The Morgan fingerprint density at radius 2 is 2.20 bits per heavy atom. The van der Waals surface area contributed by atoms with Crippen molar-refractivity contribution in [2.75, 3.05) is 18.4 Å². The van der Waals surface area contributed by atoms with Gasteiger partial charge in [-0.15, -0.1) is 0 Å². The van der Waals surface area contributed by atoms with Crippen LogP contribution in [0.5, 0.6) is 0 Å². The molecule has 1 aromatic rings. The van der Waals surface area contributed by atoms with Crippen LogP contribution in [0.15, 0.2) is 4.52 Å². The van der Waals surface area contributed by atoms with Gasteiger partial charge in [0, 0.05) is 5.92 Å². The molecule has 1 unspecified atom stereocenters. The smallest absolute Gasteiger partial charge is 0.271 e. The van der Waals surface area contributed by atoms with Gasteiger partial charge < -0.3 is 15.2 Å². The van der Waals surface area contributed by atoms with Crippen LogP contribution in [0.4, 0.5) is 14.5 Å². The van der Waals surface area contributed by atoms with Crippen LogP contribution in [-0.4, -0.2) is 30.1 Å². The molecule has 0 radical (unpaired) electrons. The summed E-state index contributed by atoms with van der Waals surface area (Å²) in [7, 11) is 0. The molecule has 1 aliphatic carbocycles. The molecule has 0 bridgehead atoms. The third kappa shape index (κ3) is 2.42. The van der Waals surface area contributed by atoms with Gasteiger partial charge >= 0.3 is 0 Å². The first-order chi connectivity index (χ1) is 9.49. The fourth-order valence-electron chi connectivity index (χ4n) is 2.53. The summed E-state index contributed by atoms with van der Waals surface area (Å²) in [5.41, 5.74) is 1.02. The number of rotatable bonds is 3. The van der Waals surface area contributed by atoms with Crippen LogP contribution in [0.1, 0.15) is 36.6 Å². The van der Waals surface area contributed by atoms with E-state index in [4.69, 9.17) is 4.52 Å². The van der Waals surface area contributed by atoms with Crippen molar-refractivity contribution < 1.29 is 18.1 Å². The van der Waals surface area contributed by atoms with Crippen molar-refractivity contribution in [2.24, 2.45) is 5.92 Å². The molecule has 1 aromatic heterocycles. The molecule has 1 atom stereocenters. The molecule has 2 fully saturated rings. The Bertz CT molecular complexity index is 526. The Morgan fingerprint density at radius 1 is 1.45 bits per heavy atom. The Balaban J connectivity index is 1.77. The van der Waals surface area contributed by atoms with E-state index in [1.165, 1.54) is 0 Å². The van der Waals surface area contributed by atoms with Gasteiger partial charge in [-0.05, 0) is 32.7 Å². The normalized spacial score (nSPS) is 25.4. The molecule has 1 saturated carbocycles. The van der Waals surface area contributed by atoms with E-state index in [0.29, 0.717) is 23.7 Å². The minimum absolute atomic E-state index is 0.127. The molecule has 110 valence electrons. The van der Waals surface area contributed by atoms with Crippen molar-refractivity contribution in [3.63, 3.8) is 0 Å². The fraction of sp³-hybridized carbons (Fsp3) is 0.692. The molecule has 7 heteroatoms. The van der Waals surface area contributed by atoms with Crippen molar-refractivity contribution in [3.8, 4) is 0 Å². The van der Waals surface area contributed by atoms with E-state index in [1.807, 2.05) is 0 Å². The average molecular weight is 285 g/mol. The molecule has 2 aliphatic rings. The number of nitrogens with one attached hydrogen (secondary N) is 2. The molecular formula is C13H17F2N3O2. The molecule has 0 aromatic carbocycles. The van der Waals surface area contributed by atoms with Gasteiger partial charge in [0.05, 0.1) is 6.54 Å². The highest BCUT2D eigenvalue weighted by Gasteiger charge is 2.46. The number of aryl methyl sites for hydroxylation is 1. The zero-order valence-corrected chi connectivity index (χ0v) is 11.2. The number of alkyl halides is 2. The van der Waals surface area contributed by atoms with E-state index >= 15 is 0 Å². The number of hydrogen-bond donors (Lipinski definition) is 2. The van der Waals surface area contributed by atoms with Crippen LogP contribution in [0.3, 0.4) is 0 Å². The number of aromatic nitrogens is 1. The van der Waals surface area contributed by atoms with Crippen molar-refractivity contribution in [2.45, 2.75) is 38.0 Å². The lowest BCUT2D eigenvalue weighted by atomic mass is 9.93. The third-order valence-corrected chi connectivity index (χ3v) is 3.88. The number of hydrogen-bond acceptors (Lipinski definition) is 4.